The number of aliphatic imine (C=N–C) groups is 1. The Hall–Kier alpha value is -2.26. The molecule has 0 saturated carbocycles. The van der Waals surface area contributed by atoms with Gasteiger partial charge in [0.2, 0.25) is 0 Å². The molecule has 2 aromatic carbocycles. The number of halogens is 1. The van der Waals surface area contributed by atoms with Gasteiger partial charge in [-0.1, -0.05) is 48.0 Å². The van der Waals surface area contributed by atoms with E-state index < -0.39 is 0 Å². The second-order valence-corrected chi connectivity index (χ2v) is 4.97. The molecule has 0 bridgehead atoms. The Morgan fingerprint density at radius 2 is 1.95 bits per heavy atom. The largest absolute Gasteiger partial charge is 0.494 e. The minimum atomic E-state index is 0.110. The van der Waals surface area contributed by atoms with Gasteiger partial charge in [-0.15, -0.1) is 0 Å². The van der Waals surface area contributed by atoms with Gasteiger partial charge < -0.3 is 10.1 Å². The lowest BCUT2D eigenvalue weighted by molar-refractivity contribution is 0.457. The molecule has 0 atom stereocenters. The Labute approximate surface area is 121 Å². The minimum absolute atomic E-state index is 0.110. The van der Waals surface area contributed by atoms with Crippen molar-refractivity contribution in [3.8, 4) is 5.88 Å². The third kappa shape index (κ3) is 2.53. The van der Waals surface area contributed by atoms with E-state index in [0.717, 1.165) is 16.5 Å². The van der Waals surface area contributed by atoms with Crippen LogP contribution in [-0.4, -0.2) is 16.3 Å². The van der Waals surface area contributed by atoms with Crippen LogP contribution in [0.25, 0.3) is 10.9 Å². The highest BCUT2D eigenvalue weighted by Crippen LogP contribution is 2.27. The first kappa shape index (κ1) is 12.8. The Balaban J connectivity index is 1.89. The molecule has 1 aromatic heterocycles. The topological polar surface area (TPSA) is 48.4 Å². The number of rotatable bonds is 3. The molecule has 0 unspecified atom stereocenters. The summed E-state index contributed by atoms with van der Waals surface area (Å²) in [6.07, 6.45) is 1.69. The molecular formula is C16H13ClN2O. The van der Waals surface area contributed by atoms with Gasteiger partial charge >= 0.3 is 0 Å². The number of nitrogens with zero attached hydrogens (tertiary/aromatic N) is 1. The van der Waals surface area contributed by atoms with E-state index in [1.165, 1.54) is 0 Å². The average molecular weight is 285 g/mol. The van der Waals surface area contributed by atoms with E-state index in [1.807, 2.05) is 36.4 Å². The number of hydrogen-bond donors (Lipinski definition) is 2. The molecule has 1 heterocycles. The van der Waals surface area contributed by atoms with Crippen molar-refractivity contribution in [2.45, 2.75) is 6.54 Å². The molecule has 0 amide bonds. The normalized spacial score (nSPS) is 11.4. The van der Waals surface area contributed by atoms with E-state index in [9.17, 15) is 5.11 Å². The van der Waals surface area contributed by atoms with E-state index in [4.69, 9.17) is 11.6 Å². The summed E-state index contributed by atoms with van der Waals surface area (Å²) >= 11 is 5.93. The first-order valence-electron chi connectivity index (χ1n) is 6.28. The molecule has 0 fully saturated rings. The van der Waals surface area contributed by atoms with Crippen molar-refractivity contribution < 1.29 is 5.11 Å². The maximum absolute atomic E-state index is 9.93. The lowest BCUT2D eigenvalue weighted by Crippen LogP contribution is -1.83. The van der Waals surface area contributed by atoms with Crippen LogP contribution in [0.2, 0.25) is 5.02 Å². The van der Waals surface area contributed by atoms with Gasteiger partial charge in [-0.2, -0.15) is 0 Å². The van der Waals surface area contributed by atoms with Gasteiger partial charge in [-0.25, -0.2) is 0 Å². The van der Waals surface area contributed by atoms with Crippen LogP contribution in [-0.2, 0) is 6.54 Å². The smallest absolute Gasteiger partial charge is 0.198 e. The summed E-state index contributed by atoms with van der Waals surface area (Å²) in [5.41, 5.74) is 2.62. The first-order valence-corrected chi connectivity index (χ1v) is 6.66. The van der Waals surface area contributed by atoms with E-state index >= 15 is 0 Å². The number of fused-ring (bicyclic) bond motifs is 1. The molecule has 0 spiro atoms. The van der Waals surface area contributed by atoms with Crippen molar-refractivity contribution >= 4 is 28.7 Å². The molecule has 0 aliphatic rings. The standard InChI is InChI=1S/C16H13ClN2O/c17-12-6-7-13-14(16(20)19-15(13)8-12)10-18-9-11-4-2-1-3-5-11/h1-8,10,19-20H,9H2. The van der Waals surface area contributed by atoms with Crippen molar-refractivity contribution in [3.63, 3.8) is 0 Å². The van der Waals surface area contributed by atoms with Gasteiger partial charge in [0.25, 0.3) is 0 Å². The fourth-order valence-electron chi connectivity index (χ4n) is 2.13. The van der Waals surface area contributed by atoms with Crippen LogP contribution < -0.4 is 0 Å². The summed E-state index contributed by atoms with van der Waals surface area (Å²) in [6, 6.07) is 15.4. The minimum Gasteiger partial charge on any atom is -0.494 e. The molecule has 4 heteroatoms. The molecule has 0 aliphatic carbocycles. The third-order valence-electron chi connectivity index (χ3n) is 3.12. The maximum atomic E-state index is 9.93. The Morgan fingerprint density at radius 1 is 1.15 bits per heavy atom. The Kier molecular flexibility index (Phi) is 3.44. The van der Waals surface area contributed by atoms with Gasteiger partial charge in [0, 0.05) is 16.6 Å². The quantitative estimate of drug-likeness (QED) is 0.698. The van der Waals surface area contributed by atoms with Crippen molar-refractivity contribution in [1.82, 2.24) is 4.98 Å². The van der Waals surface area contributed by atoms with Crippen LogP contribution in [0.5, 0.6) is 5.88 Å². The van der Waals surface area contributed by atoms with Crippen molar-refractivity contribution in [2.24, 2.45) is 4.99 Å². The van der Waals surface area contributed by atoms with E-state index in [2.05, 4.69) is 9.98 Å². The summed E-state index contributed by atoms with van der Waals surface area (Å²) in [5.74, 6) is 0.110. The summed E-state index contributed by atoms with van der Waals surface area (Å²) in [5, 5.41) is 11.5. The average Bonchev–Trinajstić information content (AvgIpc) is 2.75. The highest BCUT2D eigenvalue weighted by atomic mass is 35.5. The Morgan fingerprint density at radius 3 is 2.75 bits per heavy atom. The number of H-pyrrole nitrogens is 1. The van der Waals surface area contributed by atoms with Crippen LogP contribution in [0.15, 0.2) is 53.5 Å². The highest BCUT2D eigenvalue weighted by molar-refractivity contribution is 6.31. The monoisotopic (exact) mass is 284 g/mol. The fraction of sp³-hybridized carbons (Fsp3) is 0.0625. The van der Waals surface area contributed by atoms with Crippen LogP contribution in [0, 0.1) is 0 Å². The zero-order valence-corrected chi connectivity index (χ0v) is 11.4. The summed E-state index contributed by atoms with van der Waals surface area (Å²) < 4.78 is 0. The summed E-state index contributed by atoms with van der Waals surface area (Å²) in [4.78, 5) is 7.28. The number of aromatic hydroxyl groups is 1. The molecule has 100 valence electrons. The molecule has 0 radical (unpaired) electrons. The Bertz CT molecular complexity index is 763. The number of aromatic nitrogens is 1. The van der Waals surface area contributed by atoms with Crippen molar-refractivity contribution in [3.05, 3.63) is 64.7 Å². The molecule has 0 saturated heterocycles. The lowest BCUT2D eigenvalue weighted by atomic mass is 10.2. The van der Waals surface area contributed by atoms with Crippen LogP contribution in [0.4, 0.5) is 0 Å². The van der Waals surface area contributed by atoms with Crippen molar-refractivity contribution in [1.29, 1.82) is 0 Å². The zero-order valence-electron chi connectivity index (χ0n) is 10.7. The third-order valence-corrected chi connectivity index (χ3v) is 3.35. The molecule has 3 rings (SSSR count). The number of aromatic amines is 1. The molecule has 3 nitrogen and oxygen atoms in total. The summed E-state index contributed by atoms with van der Waals surface area (Å²) in [6.45, 7) is 0.584. The fourth-order valence-corrected chi connectivity index (χ4v) is 2.31. The maximum Gasteiger partial charge on any atom is 0.198 e. The van der Waals surface area contributed by atoms with Gasteiger partial charge in [-0.3, -0.25) is 4.99 Å². The van der Waals surface area contributed by atoms with Gasteiger partial charge in [-0.05, 0) is 17.7 Å². The lowest BCUT2D eigenvalue weighted by Gasteiger charge is -1.95. The predicted molar refractivity (Wildman–Crippen MR) is 82.7 cm³/mol. The number of benzene rings is 2. The molecule has 3 aromatic rings. The van der Waals surface area contributed by atoms with E-state index in [0.29, 0.717) is 17.1 Å². The van der Waals surface area contributed by atoms with Crippen LogP contribution in [0.3, 0.4) is 0 Å². The second kappa shape index (κ2) is 5.39. The number of hydrogen-bond acceptors (Lipinski definition) is 2. The van der Waals surface area contributed by atoms with Crippen molar-refractivity contribution in [2.75, 3.05) is 0 Å². The zero-order chi connectivity index (χ0) is 13.9. The van der Waals surface area contributed by atoms with Crippen LogP contribution >= 0.6 is 11.6 Å². The SMILES string of the molecule is Oc1[nH]c2cc(Cl)ccc2c1C=NCc1ccccc1. The molecule has 0 aliphatic heterocycles. The van der Waals surface area contributed by atoms with E-state index in [-0.39, 0.29) is 5.88 Å². The molecular weight excluding hydrogens is 272 g/mol. The summed E-state index contributed by atoms with van der Waals surface area (Å²) in [7, 11) is 0. The van der Waals surface area contributed by atoms with E-state index in [1.54, 1.807) is 18.3 Å². The molecule has 20 heavy (non-hydrogen) atoms. The van der Waals surface area contributed by atoms with Crippen LogP contribution in [0.1, 0.15) is 11.1 Å². The van der Waals surface area contributed by atoms with Gasteiger partial charge in [0.1, 0.15) is 0 Å². The predicted octanol–water partition coefficient (Wildman–Crippen LogP) is 4.15. The number of nitrogens with one attached hydrogen (secondary N) is 1. The first-order chi connectivity index (χ1) is 9.74. The van der Waals surface area contributed by atoms with Gasteiger partial charge in [0.15, 0.2) is 5.88 Å². The highest BCUT2D eigenvalue weighted by Gasteiger charge is 2.08. The molecule has 2 N–H and O–H groups in total. The second-order valence-electron chi connectivity index (χ2n) is 4.53. The van der Waals surface area contributed by atoms with Gasteiger partial charge in [0.05, 0.1) is 17.6 Å².